The summed E-state index contributed by atoms with van der Waals surface area (Å²) in [5.41, 5.74) is 0.749. The average Bonchev–Trinajstić information content (AvgIpc) is 3.21. The van der Waals surface area contributed by atoms with Gasteiger partial charge >= 0.3 is 0 Å². The van der Waals surface area contributed by atoms with E-state index in [1.54, 1.807) is 42.7 Å². The quantitative estimate of drug-likeness (QED) is 0.508. The van der Waals surface area contributed by atoms with Crippen LogP contribution in [0.2, 0.25) is 0 Å². The average molecular weight is 365 g/mol. The fourth-order valence-electron chi connectivity index (χ4n) is 1.98. The number of aromatic nitrogens is 2. The van der Waals surface area contributed by atoms with Crippen molar-refractivity contribution >= 4 is 21.8 Å². The molecule has 0 aliphatic heterocycles. The van der Waals surface area contributed by atoms with Gasteiger partial charge in [-0.25, -0.2) is 13.1 Å². The summed E-state index contributed by atoms with van der Waals surface area (Å²) in [5.74, 6) is 1.55. The van der Waals surface area contributed by atoms with Gasteiger partial charge in [0.1, 0.15) is 5.76 Å². The van der Waals surface area contributed by atoms with Crippen LogP contribution in [0.3, 0.4) is 0 Å². The Morgan fingerprint density at radius 2 is 1.96 bits per heavy atom. The summed E-state index contributed by atoms with van der Waals surface area (Å²) >= 11 is 1.28. The predicted octanol–water partition coefficient (Wildman–Crippen LogP) is 2.71. The van der Waals surface area contributed by atoms with Gasteiger partial charge in [-0.3, -0.25) is 0 Å². The van der Waals surface area contributed by atoms with E-state index in [1.165, 1.54) is 11.8 Å². The Kier molecular flexibility index (Phi) is 5.03. The number of sulfonamides is 1. The van der Waals surface area contributed by atoms with Crippen molar-refractivity contribution in [2.75, 3.05) is 12.3 Å². The minimum atomic E-state index is -3.49. The third-order valence-electron chi connectivity index (χ3n) is 3.17. The van der Waals surface area contributed by atoms with E-state index in [-0.39, 0.29) is 11.4 Å². The number of furan rings is 1. The standard InChI is InChI=1S/C15H15N3O4S2/c1-11-13(7-9-21-11)14-17-18-15(22-14)23-10-8-16-24(19,20)12-5-3-2-4-6-12/h2-7,9,16H,8,10H2,1H3. The van der Waals surface area contributed by atoms with Crippen LogP contribution in [0.1, 0.15) is 5.76 Å². The molecule has 0 saturated carbocycles. The lowest BCUT2D eigenvalue weighted by Gasteiger charge is -2.05. The maximum absolute atomic E-state index is 12.1. The molecule has 0 fully saturated rings. The SMILES string of the molecule is Cc1occc1-c1nnc(SCCNS(=O)(=O)c2ccccc2)o1. The molecular formula is C15H15N3O4S2. The molecule has 3 aromatic rings. The van der Waals surface area contributed by atoms with Gasteiger partial charge in [-0.1, -0.05) is 30.0 Å². The molecule has 2 aromatic heterocycles. The molecule has 0 spiro atoms. The molecule has 0 radical (unpaired) electrons. The molecule has 0 atom stereocenters. The molecule has 24 heavy (non-hydrogen) atoms. The van der Waals surface area contributed by atoms with Crippen LogP contribution in [0.5, 0.6) is 0 Å². The Balaban J connectivity index is 1.53. The first-order valence-corrected chi connectivity index (χ1v) is 9.58. The topological polar surface area (TPSA) is 98.2 Å². The molecule has 0 bridgehead atoms. The molecule has 0 unspecified atom stereocenters. The van der Waals surface area contributed by atoms with Crippen LogP contribution in [-0.4, -0.2) is 30.9 Å². The van der Waals surface area contributed by atoms with Gasteiger partial charge in [0.2, 0.25) is 10.0 Å². The third kappa shape index (κ3) is 3.86. The van der Waals surface area contributed by atoms with Crippen molar-refractivity contribution in [3.05, 3.63) is 48.4 Å². The zero-order chi connectivity index (χ0) is 17.0. The van der Waals surface area contributed by atoms with E-state index in [0.29, 0.717) is 22.6 Å². The minimum absolute atomic E-state index is 0.241. The van der Waals surface area contributed by atoms with Gasteiger partial charge in [-0.15, -0.1) is 10.2 Å². The third-order valence-corrected chi connectivity index (χ3v) is 5.47. The highest BCUT2D eigenvalue weighted by Gasteiger charge is 2.15. The van der Waals surface area contributed by atoms with Crippen molar-refractivity contribution in [3.8, 4) is 11.5 Å². The highest BCUT2D eigenvalue weighted by molar-refractivity contribution is 7.99. The number of benzene rings is 1. The van der Waals surface area contributed by atoms with Gasteiger partial charge in [-0.05, 0) is 25.1 Å². The number of nitrogens with zero attached hydrogens (tertiary/aromatic N) is 2. The first kappa shape index (κ1) is 16.7. The zero-order valence-electron chi connectivity index (χ0n) is 12.8. The number of hydrogen-bond donors (Lipinski definition) is 1. The largest absolute Gasteiger partial charge is 0.469 e. The van der Waals surface area contributed by atoms with Gasteiger partial charge in [-0.2, -0.15) is 0 Å². The summed E-state index contributed by atoms with van der Waals surface area (Å²) < 4.78 is 37.4. The summed E-state index contributed by atoms with van der Waals surface area (Å²) in [6.45, 7) is 2.06. The van der Waals surface area contributed by atoms with Crippen molar-refractivity contribution < 1.29 is 17.3 Å². The number of aryl methyl sites for hydroxylation is 1. The predicted molar refractivity (Wildman–Crippen MR) is 89.1 cm³/mol. The first-order chi connectivity index (χ1) is 11.6. The van der Waals surface area contributed by atoms with Crippen LogP contribution in [0, 0.1) is 6.92 Å². The summed E-state index contributed by atoms with van der Waals surface area (Å²) in [7, 11) is -3.49. The van der Waals surface area contributed by atoms with Crippen molar-refractivity contribution in [1.29, 1.82) is 0 Å². The summed E-state index contributed by atoms with van der Waals surface area (Å²) in [6.07, 6.45) is 1.56. The second-order valence-corrected chi connectivity index (χ2v) is 7.64. The Labute approximate surface area is 143 Å². The van der Waals surface area contributed by atoms with E-state index in [2.05, 4.69) is 14.9 Å². The molecule has 2 heterocycles. The normalized spacial score (nSPS) is 11.7. The van der Waals surface area contributed by atoms with Crippen LogP contribution in [0.25, 0.3) is 11.5 Å². The lowest BCUT2D eigenvalue weighted by atomic mass is 10.3. The molecule has 0 saturated heterocycles. The number of hydrogen-bond acceptors (Lipinski definition) is 7. The molecule has 9 heteroatoms. The van der Waals surface area contributed by atoms with Gasteiger partial charge in [0.05, 0.1) is 16.7 Å². The van der Waals surface area contributed by atoms with Crippen molar-refractivity contribution in [2.24, 2.45) is 0 Å². The van der Waals surface area contributed by atoms with Gasteiger partial charge in [0.25, 0.3) is 11.1 Å². The van der Waals surface area contributed by atoms with E-state index in [9.17, 15) is 8.42 Å². The van der Waals surface area contributed by atoms with Gasteiger partial charge in [0.15, 0.2) is 0 Å². The van der Waals surface area contributed by atoms with E-state index < -0.39 is 10.0 Å². The van der Waals surface area contributed by atoms with E-state index in [4.69, 9.17) is 8.83 Å². The lowest BCUT2D eigenvalue weighted by molar-refractivity contribution is 0.463. The molecule has 1 aromatic carbocycles. The molecule has 1 N–H and O–H groups in total. The Morgan fingerprint density at radius 1 is 1.17 bits per heavy atom. The second-order valence-electron chi connectivity index (χ2n) is 4.82. The minimum Gasteiger partial charge on any atom is -0.469 e. The molecule has 0 aliphatic rings. The van der Waals surface area contributed by atoms with Crippen molar-refractivity contribution in [2.45, 2.75) is 17.0 Å². The van der Waals surface area contributed by atoms with E-state index >= 15 is 0 Å². The summed E-state index contributed by atoms with van der Waals surface area (Å²) in [5, 5.41) is 8.27. The smallest absolute Gasteiger partial charge is 0.276 e. The number of nitrogens with one attached hydrogen (secondary N) is 1. The fraction of sp³-hybridized carbons (Fsp3) is 0.200. The summed E-state index contributed by atoms with van der Waals surface area (Å²) in [4.78, 5) is 0.241. The van der Waals surface area contributed by atoms with Crippen LogP contribution >= 0.6 is 11.8 Å². The highest BCUT2D eigenvalue weighted by atomic mass is 32.2. The number of thioether (sulfide) groups is 1. The molecule has 0 aliphatic carbocycles. The van der Waals surface area contributed by atoms with Gasteiger partial charge < -0.3 is 8.83 Å². The first-order valence-electron chi connectivity index (χ1n) is 7.12. The number of rotatable bonds is 7. The second kappa shape index (κ2) is 7.20. The van der Waals surface area contributed by atoms with Crippen LogP contribution < -0.4 is 4.72 Å². The Hall–Kier alpha value is -2.10. The van der Waals surface area contributed by atoms with E-state index in [1.807, 2.05) is 6.92 Å². The maximum atomic E-state index is 12.1. The van der Waals surface area contributed by atoms with E-state index in [0.717, 1.165) is 5.56 Å². The molecule has 126 valence electrons. The Bertz CT molecular complexity index is 904. The fourth-order valence-corrected chi connectivity index (χ4v) is 3.78. The molecular weight excluding hydrogens is 350 g/mol. The van der Waals surface area contributed by atoms with Crippen LogP contribution in [-0.2, 0) is 10.0 Å². The lowest BCUT2D eigenvalue weighted by Crippen LogP contribution is -2.25. The molecule has 0 amide bonds. The van der Waals surface area contributed by atoms with Crippen molar-refractivity contribution in [3.63, 3.8) is 0 Å². The highest BCUT2D eigenvalue weighted by Crippen LogP contribution is 2.26. The van der Waals surface area contributed by atoms with Crippen molar-refractivity contribution in [1.82, 2.24) is 14.9 Å². The Morgan fingerprint density at radius 3 is 2.67 bits per heavy atom. The van der Waals surface area contributed by atoms with Gasteiger partial charge in [0, 0.05) is 12.3 Å². The van der Waals surface area contributed by atoms with Crippen LogP contribution in [0.15, 0.2) is 61.6 Å². The molecule has 7 nitrogen and oxygen atoms in total. The zero-order valence-corrected chi connectivity index (χ0v) is 14.4. The monoisotopic (exact) mass is 365 g/mol. The summed E-state index contributed by atoms with van der Waals surface area (Å²) in [6, 6.07) is 9.98. The molecule has 3 rings (SSSR count). The maximum Gasteiger partial charge on any atom is 0.276 e. The van der Waals surface area contributed by atoms with Crippen LogP contribution in [0.4, 0.5) is 0 Å².